The molecule has 0 saturated heterocycles. The van der Waals surface area contributed by atoms with Gasteiger partial charge in [0.25, 0.3) is 11.1 Å². The van der Waals surface area contributed by atoms with Crippen LogP contribution in [0.25, 0.3) is 6.08 Å². The van der Waals surface area contributed by atoms with E-state index < -0.39 is 20.9 Å². The van der Waals surface area contributed by atoms with Crippen LogP contribution in [0.5, 0.6) is 17.2 Å². The zero-order valence-corrected chi connectivity index (χ0v) is 22.2. The van der Waals surface area contributed by atoms with Crippen molar-refractivity contribution in [1.29, 1.82) is 5.26 Å². The molecule has 0 unspecified atom stereocenters. The van der Waals surface area contributed by atoms with Gasteiger partial charge in [0.15, 0.2) is 11.5 Å². The van der Waals surface area contributed by atoms with Crippen LogP contribution in [0.3, 0.4) is 0 Å². The monoisotopic (exact) mass is 542 g/mol. The molecule has 0 spiro atoms. The molecule has 0 saturated carbocycles. The second kappa shape index (κ2) is 12.8. The number of anilines is 1. The molecule has 0 atom stereocenters. The highest BCUT2D eigenvalue weighted by Crippen LogP contribution is 2.30. The smallest absolute Gasteiger partial charge is 0.268 e. The molecule has 12 heteroatoms. The molecule has 37 heavy (non-hydrogen) atoms. The topological polar surface area (TPSA) is 140 Å². The lowest BCUT2D eigenvalue weighted by molar-refractivity contribution is -0.112. The molecule has 0 aliphatic rings. The molecule has 1 N–H and O–H groups in total. The van der Waals surface area contributed by atoms with E-state index in [0.29, 0.717) is 54.8 Å². The van der Waals surface area contributed by atoms with Crippen molar-refractivity contribution in [3.8, 4) is 23.3 Å². The molecule has 1 amide bonds. The Labute approximate surface area is 219 Å². The van der Waals surface area contributed by atoms with E-state index in [9.17, 15) is 18.5 Å². The van der Waals surface area contributed by atoms with Gasteiger partial charge in [0.05, 0.1) is 19.8 Å². The van der Waals surface area contributed by atoms with Crippen molar-refractivity contribution in [3.63, 3.8) is 0 Å². The summed E-state index contributed by atoms with van der Waals surface area (Å²) in [6.07, 6.45) is 3.01. The Balaban J connectivity index is 1.63. The predicted octanol–water partition coefficient (Wildman–Crippen LogP) is 4.04. The molecule has 194 valence electrons. The first-order valence-corrected chi connectivity index (χ1v) is 13.9. The molecule has 0 bridgehead atoms. The molecule has 1 heterocycles. The Morgan fingerprint density at radius 1 is 1.14 bits per heavy atom. The number of hydrogen-bond donors (Lipinski definition) is 1. The molecule has 0 fully saturated rings. The summed E-state index contributed by atoms with van der Waals surface area (Å²) < 4.78 is 44.0. The average molecular weight is 543 g/mol. The number of aromatic nitrogens is 2. The van der Waals surface area contributed by atoms with Crippen molar-refractivity contribution in [3.05, 3.63) is 59.2 Å². The SMILES string of the molecule is CCOc1cc(/C=C(/C#N)C(=O)Nc2nc(S(C)(=O)=O)ns2)ccc1OCCCOc1cccc(C)c1. The number of nitriles is 1. The number of hydrogen-bond acceptors (Lipinski definition) is 10. The van der Waals surface area contributed by atoms with Crippen LogP contribution >= 0.6 is 11.5 Å². The van der Waals surface area contributed by atoms with Crippen LogP contribution in [0.1, 0.15) is 24.5 Å². The highest BCUT2D eigenvalue weighted by Gasteiger charge is 2.18. The minimum atomic E-state index is -3.61. The first-order chi connectivity index (χ1) is 17.7. The van der Waals surface area contributed by atoms with Crippen LogP contribution in [0.2, 0.25) is 0 Å². The summed E-state index contributed by atoms with van der Waals surface area (Å²) in [5.41, 5.74) is 1.46. The third kappa shape index (κ3) is 8.30. The van der Waals surface area contributed by atoms with Crippen LogP contribution in [0.4, 0.5) is 5.13 Å². The van der Waals surface area contributed by atoms with Crippen molar-refractivity contribution >= 4 is 38.5 Å². The van der Waals surface area contributed by atoms with Gasteiger partial charge in [0, 0.05) is 24.2 Å². The third-order valence-corrected chi connectivity index (χ3v) is 6.30. The van der Waals surface area contributed by atoms with Crippen LogP contribution < -0.4 is 19.5 Å². The molecule has 0 aliphatic heterocycles. The second-order valence-electron chi connectivity index (χ2n) is 7.78. The van der Waals surface area contributed by atoms with E-state index in [2.05, 4.69) is 14.7 Å². The number of rotatable bonds is 12. The van der Waals surface area contributed by atoms with E-state index in [-0.39, 0.29) is 10.7 Å². The molecule has 0 aliphatic carbocycles. The minimum Gasteiger partial charge on any atom is -0.493 e. The molecule has 10 nitrogen and oxygen atoms in total. The maximum atomic E-state index is 12.5. The Hall–Kier alpha value is -3.95. The number of carbonyl (C=O) groups excluding carboxylic acids is 1. The van der Waals surface area contributed by atoms with Gasteiger partial charge in [-0.2, -0.15) is 14.6 Å². The van der Waals surface area contributed by atoms with Crippen LogP contribution in [0.15, 0.2) is 53.2 Å². The maximum Gasteiger partial charge on any atom is 0.268 e. The van der Waals surface area contributed by atoms with Crippen molar-refractivity contribution in [2.75, 3.05) is 31.4 Å². The summed E-state index contributed by atoms with van der Waals surface area (Å²) in [6.45, 7) is 5.14. The standard InChI is InChI=1S/C25H26N4O6S2/c1-4-33-22-15-18(9-10-21(22)35-12-6-11-34-20-8-5-7-17(2)13-20)14-19(16-26)23(30)27-24-28-25(29-36-24)37(3,31)32/h5,7-10,13-15H,4,6,11-12H2,1-3H3,(H,27,28,29,30)/b19-14-. The van der Waals surface area contributed by atoms with Crippen molar-refractivity contribution in [1.82, 2.24) is 9.36 Å². The first kappa shape index (κ1) is 27.6. The van der Waals surface area contributed by atoms with E-state index in [1.54, 1.807) is 18.2 Å². The van der Waals surface area contributed by atoms with E-state index in [4.69, 9.17) is 14.2 Å². The zero-order chi connectivity index (χ0) is 26.8. The number of sulfone groups is 1. The molecular formula is C25H26N4O6S2. The van der Waals surface area contributed by atoms with Gasteiger partial charge in [-0.05, 0) is 55.3 Å². The normalized spacial score (nSPS) is 11.5. The summed E-state index contributed by atoms with van der Waals surface area (Å²) in [5.74, 6) is 1.06. The number of carbonyl (C=O) groups is 1. The molecule has 1 aromatic heterocycles. The zero-order valence-electron chi connectivity index (χ0n) is 20.6. The van der Waals surface area contributed by atoms with Gasteiger partial charge >= 0.3 is 0 Å². The Kier molecular flexibility index (Phi) is 9.59. The Morgan fingerprint density at radius 2 is 1.92 bits per heavy atom. The number of amides is 1. The average Bonchev–Trinajstić information content (AvgIpc) is 3.33. The van der Waals surface area contributed by atoms with Gasteiger partial charge in [-0.1, -0.05) is 18.2 Å². The molecule has 3 rings (SSSR count). The third-order valence-electron chi connectivity index (χ3n) is 4.71. The quantitative estimate of drug-likeness (QED) is 0.204. The van der Waals surface area contributed by atoms with Gasteiger partial charge in [-0.15, -0.1) is 0 Å². The number of ether oxygens (including phenoxy) is 3. The van der Waals surface area contributed by atoms with Crippen LogP contribution in [-0.2, 0) is 14.6 Å². The van der Waals surface area contributed by atoms with Crippen molar-refractivity contribution in [2.24, 2.45) is 0 Å². The van der Waals surface area contributed by atoms with Crippen LogP contribution in [0, 0.1) is 18.3 Å². The number of benzene rings is 2. The minimum absolute atomic E-state index is 0.0308. The van der Waals surface area contributed by atoms with E-state index in [0.717, 1.165) is 17.6 Å². The lowest BCUT2D eigenvalue weighted by atomic mass is 10.1. The fourth-order valence-electron chi connectivity index (χ4n) is 3.03. The van der Waals surface area contributed by atoms with E-state index in [1.165, 1.54) is 6.08 Å². The van der Waals surface area contributed by atoms with Gasteiger partial charge < -0.3 is 14.2 Å². The van der Waals surface area contributed by atoms with Gasteiger partial charge in [-0.3, -0.25) is 10.1 Å². The number of nitrogens with one attached hydrogen (secondary N) is 1. The highest BCUT2D eigenvalue weighted by molar-refractivity contribution is 7.90. The second-order valence-corrected chi connectivity index (χ2v) is 10.4. The van der Waals surface area contributed by atoms with E-state index in [1.807, 2.05) is 44.2 Å². The summed E-state index contributed by atoms with van der Waals surface area (Å²) in [6, 6.07) is 14.7. The van der Waals surface area contributed by atoms with Gasteiger partial charge in [0.1, 0.15) is 17.4 Å². The molecule has 2 aromatic carbocycles. The molecule has 0 radical (unpaired) electrons. The lowest BCUT2D eigenvalue weighted by Crippen LogP contribution is -2.13. The van der Waals surface area contributed by atoms with Crippen LogP contribution in [-0.4, -0.2) is 49.8 Å². The summed E-state index contributed by atoms with van der Waals surface area (Å²) in [5, 5.41) is 11.5. The molecular weight excluding hydrogens is 516 g/mol. The van der Waals surface area contributed by atoms with E-state index >= 15 is 0 Å². The number of nitrogens with zero attached hydrogens (tertiary/aromatic N) is 3. The van der Waals surface area contributed by atoms with Crippen molar-refractivity contribution < 1.29 is 27.4 Å². The largest absolute Gasteiger partial charge is 0.493 e. The predicted molar refractivity (Wildman–Crippen MR) is 140 cm³/mol. The number of aryl methyl sites for hydroxylation is 1. The summed E-state index contributed by atoms with van der Waals surface area (Å²) >= 11 is 0.706. The maximum absolute atomic E-state index is 12.5. The Bertz CT molecular complexity index is 1430. The molecule has 3 aromatic rings. The highest BCUT2D eigenvalue weighted by atomic mass is 32.2. The fraction of sp³-hybridized carbons (Fsp3) is 0.280. The van der Waals surface area contributed by atoms with Gasteiger partial charge in [0.2, 0.25) is 15.0 Å². The fourth-order valence-corrected chi connectivity index (χ4v) is 4.47. The van der Waals surface area contributed by atoms with Gasteiger partial charge in [-0.25, -0.2) is 8.42 Å². The Morgan fingerprint density at radius 3 is 2.59 bits per heavy atom. The first-order valence-electron chi connectivity index (χ1n) is 11.3. The summed E-state index contributed by atoms with van der Waals surface area (Å²) in [4.78, 5) is 16.3. The summed E-state index contributed by atoms with van der Waals surface area (Å²) in [7, 11) is -3.61. The van der Waals surface area contributed by atoms with Crippen molar-refractivity contribution in [2.45, 2.75) is 25.4 Å². The lowest BCUT2D eigenvalue weighted by Gasteiger charge is -2.13.